The maximum Gasteiger partial charge on any atom is 0.235 e. The van der Waals surface area contributed by atoms with Gasteiger partial charge in [0.05, 0.1) is 5.25 Å². The van der Waals surface area contributed by atoms with E-state index in [2.05, 4.69) is 44.2 Å². The van der Waals surface area contributed by atoms with E-state index in [1.54, 1.807) is 16.7 Å². The van der Waals surface area contributed by atoms with Gasteiger partial charge in [0.2, 0.25) is 5.91 Å². The van der Waals surface area contributed by atoms with Gasteiger partial charge in [-0.3, -0.25) is 9.59 Å². The maximum atomic E-state index is 12.5. The summed E-state index contributed by atoms with van der Waals surface area (Å²) in [6, 6.07) is 13.1. The van der Waals surface area contributed by atoms with Gasteiger partial charge in [0.1, 0.15) is 12.4 Å². The Bertz CT molecular complexity index is 1060. The first-order valence-corrected chi connectivity index (χ1v) is 13.1. The van der Waals surface area contributed by atoms with Crippen molar-refractivity contribution in [3.63, 3.8) is 0 Å². The van der Waals surface area contributed by atoms with E-state index in [9.17, 15) is 9.59 Å². The molecule has 2 aromatic carbocycles. The van der Waals surface area contributed by atoms with E-state index in [4.69, 9.17) is 4.74 Å². The van der Waals surface area contributed by atoms with Crippen LogP contribution in [0.25, 0.3) is 0 Å². The molecular weight excluding hydrogens is 442 g/mol. The Hall–Kier alpha value is -2.27. The van der Waals surface area contributed by atoms with Crippen LogP contribution in [0.15, 0.2) is 41.3 Å². The number of benzene rings is 2. The molecule has 5 heteroatoms. The fourth-order valence-corrected chi connectivity index (χ4v) is 6.03. The minimum atomic E-state index is -0.408. The van der Waals surface area contributed by atoms with Crippen LogP contribution in [0.4, 0.5) is 0 Å². The number of nitrogens with zero attached hydrogens (tertiary/aromatic N) is 1. The highest BCUT2D eigenvalue weighted by molar-refractivity contribution is 8.01. The van der Waals surface area contributed by atoms with Gasteiger partial charge in [0.15, 0.2) is 5.78 Å². The lowest BCUT2D eigenvalue weighted by atomic mass is 9.70. The first-order chi connectivity index (χ1) is 15.9. The van der Waals surface area contributed by atoms with Crippen LogP contribution in [0, 0.1) is 12.3 Å². The van der Waals surface area contributed by atoms with Gasteiger partial charge < -0.3 is 9.64 Å². The third kappa shape index (κ3) is 5.19. The van der Waals surface area contributed by atoms with Crippen LogP contribution in [-0.2, 0) is 21.4 Å². The van der Waals surface area contributed by atoms with Crippen LogP contribution in [0.3, 0.4) is 0 Å². The molecule has 1 amide bonds. The highest BCUT2D eigenvalue weighted by Gasteiger charge is 2.35. The van der Waals surface area contributed by atoms with E-state index in [1.165, 1.54) is 21.6 Å². The Labute approximate surface area is 209 Å². The van der Waals surface area contributed by atoms with Crippen LogP contribution in [0.1, 0.15) is 69.7 Å². The first-order valence-electron chi connectivity index (χ1n) is 12.2. The van der Waals surface area contributed by atoms with Crippen molar-refractivity contribution in [2.24, 2.45) is 5.41 Å². The second kappa shape index (κ2) is 10.2. The second-order valence-electron chi connectivity index (χ2n) is 10.6. The number of hydrogen-bond acceptors (Lipinski definition) is 4. The first kappa shape index (κ1) is 26.3. The van der Waals surface area contributed by atoms with E-state index in [1.807, 2.05) is 47.9 Å². The predicted octanol–water partition coefficient (Wildman–Crippen LogP) is 6.20. The number of Topliss-reactive ketones (excluding diaryl/α,β-unsaturated/α-hetero) is 1. The summed E-state index contributed by atoms with van der Waals surface area (Å²) in [7, 11) is 3.65. The van der Waals surface area contributed by atoms with E-state index < -0.39 is 5.41 Å². The average Bonchev–Trinajstić information content (AvgIpc) is 3.21. The molecule has 0 saturated heterocycles. The minimum Gasteiger partial charge on any atom is -0.486 e. The number of carbonyl (C=O) groups excluding carboxylic acids is 2. The van der Waals surface area contributed by atoms with Crippen LogP contribution < -0.4 is 4.74 Å². The maximum absolute atomic E-state index is 12.5. The van der Waals surface area contributed by atoms with Gasteiger partial charge in [-0.25, -0.2) is 0 Å². The van der Waals surface area contributed by atoms with E-state index in [-0.39, 0.29) is 29.0 Å². The number of ether oxygens (including phenoxy) is 1. The lowest BCUT2D eigenvalue weighted by Gasteiger charge is -2.34. The van der Waals surface area contributed by atoms with E-state index in [0.717, 1.165) is 30.6 Å². The number of carbonyl (C=O) groups is 2. The van der Waals surface area contributed by atoms with Gasteiger partial charge in [-0.1, -0.05) is 58.9 Å². The summed E-state index contributed by atoms with van der Waals surface area (Å²) in [6.07, 6.45) is 2.73. The van der Waals surface area contributed by atoms with Crippen molar-refractivity contribution in [2.45, 2.75) is 76.4 Å². The molecule has 1 unspecified atom stereocenters. The molecule has 0 spiro atoms. The molecule has 184 valence electrons. The summed E-state index contributed by atoms with van der Waals surface area (Å²) in [6.45, 7) is 12.4. The van der Waals surface area contributed by atoms with Crippen molar-refractivity contribution in [1.29, 1.82) is 0 Å². The molecule has 0 fully saturated rings. The quantitative estimate of drug-likeness (QED) is 0.450. The molecule has 0 aromatic heterocycles. The van der Waals surface area contributed by atoms with Gasteiger partial charge in [0, 0.05) is 29.8 Å². The molecule has 1 aliphatic heterocycles. The highest BCUT2D eigenvalue weighted by Crippen LogP contribution is 2.45. The summed E-state index contributed by atoms with van der Waals surface area (Å²) in [4.78, 5) is 27.7. The number of amides is 1. The number of hydrogen-bond donors (Lipinski definition) is 0. The smallest absolute Gasteiger partial charge is 0.235 e. The molecule has 0 bridgehead atoms. The van der Waals surface area contributed by atoms with E-state index in [0.29, 0.717) is 0 Å². The predicted molar refractivity (Wildman–Crippen MR) is 141 cm³/mol. The fraction of sp³-hybridized carbons (Fsp3) is 0.517. The summed E-state index contributed by atoms with van der Waals surface area (Å²) in [5.74, 6) is 1.03. The van der Waals surface area contributed by atoms with Gasteiger partial charge in [-0.2, -0.15) is 0 Å². The average molecular weight is 482 g/mol. The van der Waals surface area contributed by atoms with Crippen LogP contribution in [-0.4, -0.2) is 42.5 Å². The molecule has 1 atom stereocenters. The molecule has 0 radical (unpaired) electrons. The zero-order chi connectivity index (χ0) is 25.3. The molecule has 3 rings (SSSR count). The van der Waals surface area contributed by atoms with Crippen LogP contribution >= 0.6 is 11.8 Å². The zero-order valence-corrected chi connectivity index (χ0v) is 22.8. The third-order valence-electron chi connectivity index (χ3n) is 7.14. The summed E-state index contributed by atoms with van der Waals surface area (Å²) < 4.78 is 5.89. The Morgan fingerprint density at radius 3 is 2.21 bits per heavy atom. The molecule has 34 heavy (non-hydrogen) atoms. The van der Waals surface area contributed by atoms with Crippen LogP contribution in [0.5, 0.6) is 5.75 Å². The van der Waals surface area contributed by atoms with Gasteiger partial charge in [0.25, 0.3) is 0 Å². The Morgan fingerprint density at radius 2 is 1.65 bits per heavy atom. The number of ketones is 1. The normalized spacial score (nSPS) is 15.7. The minimum absolute atomic E-state index is 0.0348. The molecule has 0 aliphatic carbocycles. The van der Waals surface area contributed by atoms with E-state index >= 15 is 0 Å². The Kier molecular flexibility index (Phi) is 7.86. The van der Waals surface area contributed by atoms with Crippen molar-refractivity contribution in [3.8, 4) is 5.75 Å². The summed E-state index contributed by atoms with van der Waals surface area (Å²) in [5.41, 5.74) is 4.32. The molecule has 2 aromatic rings. The molecular formula is C29H39NO3S. The molecule has 1 heterocycles. The van der Waals surface area contributed by atoms with Gasteiger partial charge in [-0.05, 0) is 60.6 Å². The van der Waals surface area contributed by atoms with Gasteiger partial charge >= 0.3 is 0 Å². The lowest BCUT2D eigenvalue weighted by Crippen LogP contribution is -2.31. The molecule has 4 nitrogen and oxygen atoms in total. The Morgan fingerprint density at radius 1 is 1.03 bits per heavy atom. The van der Waals surface area contributed by atoms with Crippen molar-refractivity contribution in [3.05, 3.63) is 58.7 Å². The highest BCUT2D eigenvalue weighted by atomic mass is 32.2. The molecule has 1 aliphatic rings. The van der Waals surface area contributed by atoms with Gasteiger partial charge in [-0.15, -0.1) is 11.8 Å². The lowest BCUT2D eigenvalue weighted by molar-refractivity contribution is -0.128. The zero-order valence-electron chi connectivity index (χ0n) is 22.0. The number of aryl methyl sites for hydroxylation is 1. The largest absolute Gasteiger partial charge is 0.486 e. The van der Waals surface area contributed by atoms with Crippen molar-refractivity contribution < 1.29 is 14.3 Å². The fourth-order valence-electron chi connectivity index (χ4n) is 4.65. The molecule has 0 N–H and O–H groups in total. The monoisotopic (exact) mass is 481 g/mol. The topological polar surface area (TPSA) is 46.6 Å². The summed E-state index contributed by atoms with van der Waals surface area (Å²) >= 11 is 1.69. The SMILES string of the molecule is CCC(CC)(c1ccc(OCC(=O)C(C)(C)C)c(C)c1)c1ccc2c(c1)SC(C(=O)N(C)C)C2. The number of thioether (sulfide) groups is 1. The van der Waals surface area contributed by atoms with Crippen molar-refractivity contribution in [1.82, 2.24) is 4.90 Å². The van der Waals surface area contributed by atoms with Crippen molar-refractivity contribution >= 4 is 23.5 Å². The molecule has 0 saturated carbocycles. The third-order valence-corrected chi connectivity index (χ3v) is 8.43. The number of rotatable bonds is 8. The second-order valence-corrected chi connectivity index (χ2v) is 11.8. The van der Waals surface area contributed by atoms with Crippen molar-refractivity contribution in [2.75, 3.05) is 20.7 Å². The van der Waals surface area contributed by atoms with Crippen LogP contribution in [0.2, 0.25) is 0 Å². The standard InChI is InChI=1S/C29H39NO3S/c1-9-29(10-2,21-13-14-23(19(3)15-21)33-18-26(31)28(4,5)6)22-12-11-20-16-25(27(32)30(7)8)34-24(20)17-22/h11-15,17,25H,9-10,16,18H2,1-8H3. The number of fused-ring (bicyclic) bond motifs is 1. The Balaban J connectivity index is 1.89. The summed E-state index contributed by atoms with van der Waals surface area (Å²) in [5, 5.41) is -0.0348.